The van der Waals surface area contributed by atoms with E-state index in [-0.39, 0.29) is 17.7 Å². The average Bonchev–Trinajstić information content (AvgIpc) is 2.96. The zero-order valence-electron chi connectivity index (χ0n) is 26.8. The molecule has 0 unspecified atom stereocenters. The van der Waals surface area contributed by atoms with Crippen LogP contribution in [0.3, 0.4) is 0 Å². The summed E-state index contributed by atoms with van der Waals surface area (Å²) in [7, 11) is 0. The molecule has 2 fully saturated rings. The Morgan fingerprint density at radius 2 is 1.47 bits per heavy atom. The van der Waals surface area contributed by atoms with Gasteiger partial charge in [0, 0.05) is 6.04 Å². The minimum Gasteiger partial charge on any atom is -0.444 e. The summed E-state index contributed by atoms with van der Waals surface area (Å²) in [6.07, 6.45) is 9.62. The van der Waals surface area contributed by atoms with Crippen LogP contribution in [0.25, 0.3) is 0 Å². The highest BCUT2D eigenvalue weighted by Gasteiger charge is 2.40. The summed E-state index contributed by atoms with van der Waals surface area (Å²) in [4.78, 5) is 14.5. The molecule has 2 aliphatic rings. The molecule has 2 N–H and O–H groups in total. The fourth-order valence-electron chi connectivity index (χ4n) is 6.80. The molecule has 1 saturated carbocycles. The molecule has 4 rings (SSSR count). The van der Waals surface area contributed by atoms with Crippen molar-refractivity contribution in [2.75, 3.05) is 0 Å². The van der Waals surface area contributed by atoms with E-state index in [1.165, 1.54) is 49.9 Å². The van der Waals surface area contributed by atoms with Gasteiger partial charge < -0.3 is 14.9 Å². The van der Waals surface area contributed by atoms with Crippen LogP contribution in [0.5, 0.6) is 0 Å². The Balaban J connectivity index is 0.000000248. The van der Waals surface area contributed by atoms with Gasteiger partial charge in [0.15, 0.2) is 0 Å². The van der Waals surface area contributed by atoms with Crippen LogP contribution in [0.15, 0.2) is 48.5 Å². The van der Waals surface area contributed by atoms with E-state index >= 15 is 0 Å². The van der Waals surface area contributed by atoms with Gasteiger partial charge in [-0.3, -0.25) is 4.90 Å². The molecular weight excluding hydrogens is 548 g/mol. The van der Waals surface area contributed by atoms with Crippen LogP contribution in [0.4, 0.5) is 13.6 Å². The molecule has 0 spiro atoms. The number of carbonyl (C=O) groups is 1. The van der Waals surface area contributed by atoms with Gasteiger partial charge in [-0.05, 0) is 107 Å². The van der Waals surface area contributed by atoms with Crippen molar-refractivity contribution in [1.82, 2.24) is 4.90 Å². The minimum atomic E-state index is -0.928. The van der Waals surface area contributed by atoms with Crippen LogP contribution in [-0.2, 0) is 4.74 Å². The monoisotopic (exact) mass is 601 g/mol. The Hall–Kier alpha value is -2.51. The van der Waals surface area contributed by atoms with Gasteiger partial charge >= 0.3 is 6.09 Å². The second-order valence-corrected chi connectivity index (χ2v) is 13.4. The molecule has 7 heteroatoms. The fraction of sp³-hybridized carbons (Fsp3) is 0.639. The Bertz CT molecular complexity index is 1130. The molecule has 2 aromatic carbocycles. The number of aliphatic hydroxyl groups is 2. The number of carbonyl (C=O) groups excluding carboxylic acids is 1. The highest BCUT2D eigenvalue weighted by atomic mass is 19.1. The molecule has 1 aliphatic carbocycles. The summed E-state index contributed by atoms with van der Waals surface area (Å²) >= 11 is 0. The predicted octanol–water partition coefficient (Wildman–Crippen LogP) is 9.28. The lowest BCUT2D eigenvalue weighted by Gasteiger charge is -2.44. The van der Waals surface area contributed by atoms with Crippen LogP contribution in [0.2, 0.25) is 0 Å². The first-order valence-electron chi connectivity index (χ1n) is 16.3. The molecule has 6 atom stereocenters. The number of amides is 1. The number of piperidine rings is 1. The fourth-order valence-corrected chi connectivity index (χ4v) is 6.80. The molecule has 0 aromatic heterocycles. The van der Waals surface area contributed by atoms with Crippen LogP contribution in [-0.4, -0.2) is 38.9 Å². The lowest BCUT2D eigenvalue weighted by atomic mass is 9.76. The second kappa shape index (κ2) is 16.5. The van der Waals surface area contributed by atoms with Gasteiger partial charge in [0.05, 0.1) is 18.2 Å². The van der Waals surface area contributed by atoms with E-state index in [0.717, 1.165) is 50.0 Å². The smallest absolute Gasteiger partial charge is 0.410 e. The molecular formula is C36H53F2NO4. The summed E-state index contributed by atoms with van der Waals surface area (Å²) in [6, 6.07) is 12.0. The van der Waals surface area contributed by atoms with E-state index in [2.05, 4.69) is 13.8 Å². The number of ether oxygens (including phenoxy) is 1. The lowest BCUT2D eigenvalue weighted by Crippen LogP contribution is -2.53. The maximum atomic E-state index is 13.6. The van der Waals surface area contributed by atoms with Crippen molar-refractivity contribution in [3.8, 4) is 0 Å². The Morgan fingerprint density at radius 3 is 2.02 bits per heavy atom. The summed E-state index contributed by atoms with van der Waals surface area (Å²) in [5.74, 6) is 0.405. The van der Waals surface area contributed by atoms with Gasteiger partial charge in [0.1, 0.15) is 17.2 Å². The molecule has 0 bridgehead atoms. The minimum absolute atomic E-state index is 0.0433. The third kappa shape index (κ3) is 10.6. The van der Waals surface area contributed by atoms with Crippen molar-refractivity contribution in [2.24, 2.45) is 11.8 Å². The maximum Gasteiger partial charge on any atom is 0.410 e. The van der Waals surface area contributed by atoms with Crippen molar-refractivity contribution in [3.05, 3.63) is 71.3 Å². The van der Waals surface area contributed by atoms with Crippen LogP contribution >= 0.6 is 0 Å². The third-order valence-corrected chi connectivity index (χ3v) is 8.73. The molecule has 0 radical (unpaired) electrons. The Morgan fingerprint density at radius 1 is 0.884 bits per heavy atom. The first-order valence-corrected chi connectivity index (χ1v) is 16.3. The molecule has 1 heterocycles. The molecule has 5 nitrogen and oxygen atoms in total. The average molecular weight is 602 g/mol. The van der Waals surface area contributed by atoms with Gasteiger partial charge in [-0.1, -0.05) is 70.2 Å². The van der Waals surface area contributed by atoms with Gasteiger partial charge in [-0.15, -0.1) is 0 Å². The number of hydrogen-bond donors (Lipinski definition) is 2. The summed E-state index contributed by atoms with van der Waals surface area (Å²) in [5, 5.41) is 21.2. The predicted molar refractivity (Wildman–Crippen MR) is 167 cm³/mol. The normalized spacial score (nSPS) is 24.0. The summed E-state index contributed by atoms with van der Waals surface area (Å²) in [5.41, 5.74) is 0.632. The van der Waals surface area contributed by atoms with E-state index < -0.39 is 29.9 Å². The van der Waals surface area contributed by atoms with Crippen molar-refractivity contribution in [1.29, 1.82) is 0 Å². The third-order valence-electron chi connectivity index (χ3n) is 8.73. The maximum absolute atomic E-state index is 13.6. The number of nitrogens with zero attached hydrogens (tertiary/aromatic N) is 1. The molecule has 240 valence electrons. The van der Waals surface area contributed by atoms with E-state index in [1.807, 2.05) is 26.8 Å². The van der Waals surface area contributed by atoms with Gasteiger partial charge in [0.2, 0.25) is 0 Å². The molecule has 1 amide bonds. The zero-order chi connectivity index (χ0) is 31.6. The SMILES string of the molecule is CCC[C@H]1CCC[C@H]([C@H](O)c2cccc(F)c2)C1.CCC[C@H]1CCC[C@H]([C@H](O)c2cccc(F)c2)N1C(=O)OC(C)(C)C. The quantitative estimate of drug-likeness (QED) is 0.316. The van der Waals surface area contributed by atoms with Gasteiger partial charge in [-0.2, -0.15) is 0 Å². The number of aliphatic hydroxyl groups excluding tert-OH is 2. The van der Waals surface area contributed by atoms with E-state index in [0.29, 0.717) is 17.9 Å². The van der Waals surface area contributed by atoms with Crippen LogP contribution in [0.1, 0.15) is 129 Å². The van der Waals surface area contributed by atoms with E-state index in [4.69, 9.17) is 4.74 Å². The lowest BCUT2D eigenvalue weighted by molar-refractivity contribution is -0.0368. The Kier molecular flexibility index (Phi) is 13.4. The van der Waals surface area contributed by atoms with Crippen molar-refractivity contribution >= 4 is 6.09 Å². The van der Waals surface area contributed by atoms with Crippen molar-refractivity contribution in [2.45, 2.75) is 135 Å². The Labute approximate surface area is 257 Å². The zero-order valence-corrected chi connectivity index (χ0v) is 26.8. The summed E-state index contributed by atoms with van der Waals surface area (Å²) in [6.45, 7) is 9.80. The molecule has 2 aromatic rings. The first-order chi connectivity index (χ1) is 20.4. The van der Waals surface area contributed by atoms with Crippen LogP contribution in [0, 0.1) is 23.5 Å². The number of likely N-dealkylation sites (tertiary alicyclic amines) is 1. The molecule has 43 heavy (non-hydrogen) atoms. The highest BCUT2D eigenvalue weighted by molar-refractivity contribution is 5.69. The standard InChI is InChI=1S/C20H30FNO3.C16H23FO/c1-5-8-16-11-7-12-17(22(16)19(24)25-20(2,3)4)18(23)14-9-6-10-15(21)13-14;1-2-5-12-6-3-7-13(10-12)16(18)14-8-4-9-15(17)11-14/h6,9-10,13,16-18,23H,5,7-8,11-12H2,1-4H3;4,8-9,11-13,16,18H,2-3,5-7,10H2,1H3/t16-,17+,18+;12-,13-,16-/m00/s1. The first kappa shape index (κ1) is 35.0. The number of hydrogen-bond acceptors (Lipinski definition) is 4. The number of benzene rings is 2. The van der Waals surface area contributed by atoms with Crippen LogP contribution < -0.4 is 0 Å². The highest BCUT2D eigenvalue weighted by Crippen LogP contribution is 2.39. The summed E-state index contributed by atoms with van der Waals surface area (Å²) < 4.78 is 32.3. The van der Waals surface area contributed by atoms with Crippen molar-refractivity contribution in [3.63, 3.8) is 0 Å². The number of rotatable bonds is 8. The molecule has 1 aliphatic heterocycles. The van der Waals surface area contributed by atoms with Crippen molar-refractivity contribution < 1.29 is 28.5 Å². The van der Waals surface area contributed by atoms with Gasteiger partial charge in [-0.25, -0.2) is 13.6 Å². The van der Waals surface area contributed by atoms with E-state index in [1.54, 1.807) is 23.1 Å². The molecule has 1 saturated heterocycles. The topological polar surface area (TPSA) is 70.0 Å². The second-order valence-electron chi connectivity index (χ2n) is 13.4. The largest absolute Gasteiger partial charge is 0.444 e. The van der Waals surface area contributed by atoms with E-state index in [9.17, 15) is 23.8 Å². The number of halogens is 2. The van der Waals surface area contributed by atoms with Gasteiger partial charge in [0.25, 0.3) is 0 Å².